The standard InChI is InChI=1S/C17H32N2/c1-14(19-10-3-2-4-11-19)13-18-17-7-5-6-16(12-17)15-8-9-15/h14-18H,2-13H2,1H3. The Bertz CT molecular complexity index is 268. The van der Waals surface area contributed by atoms with E-state index in [4.69, 9.17) is 0 Å². The van der Waals surface area contributed by atoms with Crippen molar-refractivity contribution in [3.63, 3.8) is 0 Å². The number of nitrogens with zero attached hydrogens (tertiary/aromatic N) is 1. The summed E-state index contributed by atoms with van der Waals surface area (Å²) in [6.07, 6.45) is 13.2. The lowest BCUT2D eigenvalue weighted by atomic mass is 9.82. The first-order valence-electron chi connectivity index (χ1n) is 8.80. The molecule has 1 heterocycles. The molecule has 2 heteroatoms. The van der Waals surface area contributed by atoms with Crippen LogP contribution in [0.4, 0.5) is 0 Å². The van der Waals surface area contributed by atoms with Crippen molar-refractivity contribution in [3.05, 3.63) is 0 Å². The third-order valence-corrected chi connectivity index (χ3v) is 5.72. The van der Waals surface area contributed by atoms with E-state index in [-0.39, 0.29) is 0 Å². The van der Waals surface area contributed by atoms with Crippen LogP contribution in [0.25, 0.3) is 0 Å². The first-order chi connectivity index (χ1) is 9.33. The lowest BCUT2D eigenvalue weighted by molar-refractivity contribution is 0.161. The van der Waals surface area contributed by atoms with Gasteiger partial charge in [0.25, 0.3) is 0 Å². The molecule has 1 N–H and O–H groups in total. The lowest BCUT2D eigenvalue weighted by Gasteiger charge is -2.35. The molecular weight excluding hydrogens is 232 g/mol. The molecule has 0 aromatic heterocycles. The number of rotatable bonds is 5. The zero-order valence-corrected chi connectivity index (χ0v) is 12.7. The molecule has 3 atom stereocenters. The second kappa shape index (κ2) is 6.58. The van der Waals surface area contributed by atoms with Gasteiger partial charge in [0.2, 0.25) is 0 Å². The van der Waals surface area contributed by atoms with E-state index in [0.29, 0.717) is 0 Å². The summed E-state index contributed by atoms with van der Waals surface area (Å²) in [5, 5.41) is 3.89. The lowest BCUT2D eigenvalue weighted by Crippen LogP contribution is -2.46. The number of hydrogen-bond acceptors (Lipinski definition) is 2. The van der Waals surface area contributed by atoms with Crippen LogP contribution in [0.5, 0.6) is 0 Å². The molecular formula is C17H32N2. The average molecular weight is 264 g/mol. The van der Waals surface area contributed by atoms with Crippen molar-refractivity contribution in [2.24, 2.45) is 11.8 Å². The molecule has 0 bridgehead atoms. The maximum Gasteiger partial charge on any atom is 0.0192 e. The molecule has 2 saturated carbocycles. The Morgan fingerprint density at radius 1 is 0.947 bits per heavy atom. The van der Waals surface area contributed by atoms with Gasteiger partial charge < -0.3 is 5.32 Å². The average Bonchev–Trinajstić information content (AvgIpc) is 3.31. The highest BCUT2D eigenvalue weighted by molar-refractivity contribution is 4.88. The van der Waals surface area contributed by atoms with Gasteiger partial charge in [-0.3, -0.25) is 4.90 Å². The molecule has 0 aromatic rings. The first-order valence-corrected chi connectivity index (χ1v) is 8.80. The van der Waals surface area contributed by atoms with Gasteiger partial charge in [0, 0.05) is 18.6 Å². The summed E-state index contributed by atoms with van der Waals surface area (Å²) in [6, 6.07) is 1.56. The van der Waals surface area contributed by atoms with Crippen molar-refractivity contribution < 1.29 is 0 Å². The summed E-state index contributed by atoms with van der Waals surface area (Å²) in [6.45, 7) is 6.29. The Kier molecular flexibility index (Phi) is 4.81. The Morgan fingerprint density at radius 3 is 2.47 bits per heavy atom. The van der Waals surface area contributed by atoms with Crippen LogP contribution in [0.1, 0.15) is 64.7 Å². The van der Waals surface area contributed by atoms with Crippen molar-refractivity contribution >= 4 is 0 Å². The van der Waals surface area contributed by atoms with Gasteiger partial charge in [-0.2, -0.15) is 0 Å². The van der Waals surface area contributed by atoms with E-state index in [0.717, 1.165) is 23.9 Å². The fourth-order valence-corrected chi connectivity index (χ4v) is 4.23. The van der Waals surface area contributed by atoms with E-state index in [1.165, 1.54) is 77.4 Å². The van der Waals surface area contributed by atoms with Gasteiger partial charge in [-0.15, -0.1) is 0 Å². The SMILES string of the molecule is CC(CNC1CCCC(C2CC2)C1)N1CCCCC1. The Hall–Kier alpha value is -0.0800. The smallest absolute Gasteiger partial charge is 0.0192 e. The van der Waals surface area contributed by atoms with E-state index in [1.54, 1.807) is 0 Å². The molecule has 3 unspecified atom stereocenters. The topological polar surface area (TPSA) is 15.3 Å². The van der Waals surface area contributed by atoms with E-state index in [2.05, 4.69) is 17.1 Å². The second-order valence-corrected chi connectivity index (χ2v) is 7.31. The fraction of sp³-hybridized carbons (Fsp3) is 1.00. The predicted molar refractivity (Wildman–Crippen MR) is 81.4 cm³/mol. The van der Waals surface area contributed by atoms with Crippen molar-refractivity contribution in [2.75, 3.05) is 19.6 Å². The highest BCUT2D eigenvalue weighted by Crippen LogP contribution is 2.43. The maximum absolute atomic E-state index is 3.89. The van der Waals surface area contributed by atoms with Crippen LogP contribution in [0.3, 0.4) is 0 Å². The predicted octanol–water partition coefficient (Wildman–Crippen LogP) is 3.42. The van der Waals surface area contributed by atoms with Gasteiger partial charge in [-0.25, -0.2) is 0 Å². The molecule has 1 aliphatic heterocycles. The minimum Gasteiger partial charge on any atom is -0.312 e. The molecule has 0 spiro atoms. The maximum atomic E-state index is 3.89. The van der Waals surface area contributed by atoms with Gasteiger partial charge in [0.1, 0.15) is 0 Å². The molecule has 3 rings (SSSR count). The summed E-state index contributed by atoms with van der Waals surface area (Å²) in [7, 11) is 0. The fourth-order valence-electron chi connectivity index (χ4n) is 4.23. The molecule has 0 amide bonds. The largest absolute Gasteiger partial charge is 0.312 e. The summed E-state index contributed by atoms with van der Waals surface area (Å²) >= 11 is 0. The molecule has 3 fully saturated rings. The van der Waals surface area contributed by atoms with Gasteiger partial charge in [0.05, 0.1) is 0 Å². The van der Waals surface area contributed by atoms with Crippen LogP contribution in [0.2, 0.25) is 0 Å². The number of hydrogen-bond donors (Lipinski definition) is 1. The third kappa shape index (κ3) is 3.95. The van der Waals surface area contributed by atoms with Gasteiger partial charge in [-0.05, 0) is 70.4 Å². The van der Waals surface area contributed by atoms with E-state index in [1.807, 2.05) is 0 Å². The van der Waals surface area contributed by atoms with Crippen molar-refractivity contribution in [2.45, 2.75) is 76.8 Å². The van der Waals surface area contributed by atoms with Crippen LogP contribution < -0.4 is 5.32 Å². The minimum absolute atomic E-state index is 0.738. The molecule has 19 heavy (non-hydrogen) atoms. The van der Waals surface area contributed by atoms with Crippen LogP contribution in [0, 0.1) is 11.8 Å². The normalized spacial score (nSPS) is 35.2. The zero-order chi connectivity index (χ0) is 13.1. The van der Waals surface area contributed by atoms with Gasteiger partial charge >= 0.3 is 0 Å². The Morgan fingerprint density at radius 2 is 1.74 bits per heavy atom. The Balaban J connectivity index is 1.38. The number of nitrogens with one attached hydrogen (secondary N) is 1. The monoisotopic (exact) mass is 264 g/mol. The number of likely N-dealkylation sites (tertiary alicyclic amines) is 1. The summed E-state index contributed by atoms with van der Waals surface area (Å²) < 4.78 is 0. The summed E-state index contributed by atoms with van der Waals surface area (Å²) in [5.41, 5.74) is 0. The van der Waals surface area contributed by atoms with Gasteiger partial charge in [0.15, 0.2) is 0 Å². The third-order valence-electron chi connectivity index (χ3n) is 5.72. The first kappa shape index (κ1) is 13.9. The minimum atomic E-state index is 0.738. The quantitative estimate of drug-likeness (QED) is 0.818. The van der Waals surface area contributed by atoms with Crippen LogP contribution in [-0.2, 0) is 0 Å². The van der Waals surface area contributed by atoms with Crippen LogP contribution in [-0.4, -0.2) is 36.6 Å². The van der Waals surface area contributed by atoms with Gasteiger partial charge in [-0.1, -0.05) is 19.3 Å². The Labute approximate surface area is 119 Å². The number of piperidine rings is 1. The molecule has 2 aliphatic carbocycles. The van der Waals surface area contributed by atoms with Crippen molar-refractivity contribution in [3.8, 4) is 0 Å². The summed E-state index contributed by atoms with van der Waals surface area (Å²) in [5.74, 6) is 2.18. The molecule has 110 valence electrons. The molecule has 0 radical (unpaired) electrons. The highest BCUT2D eigenvalue weighted by Gasteiger charge is 2.34. The van der Waals surface area contributed by atoms with Crippen molar-refractivity contribution in [1.82, 2.24) is 10.2 Å². The molecule has 1 saturated heterocycles. The van der Waals surface area contributed by atoms with E-state index in [9.17, 15) is 0 Å². The van der Waals surface area contributed by atoms with E-state index < -0.39 is 0 Å². The molecule has 3 aliphatic rings. The zero-order valence-electron chi connectivity index (χ0n) is 12.7. The molecule has 0 aromatic carbocycles. The summed E-state index contributed by atoms with van der Waals surface area (Å²) in [4.78, 5) is 2.69. The molecule has 2 nitrogen and oxygen atoms in total. The van der Waals surface area contributed by atoms with E-state index >= 15 is 0 Å². The van der Waals surface area contributed by atoms with Crippen molar-refractivity contribution in [1.29, 1.82) is 0 Å². The second-order valence-electron chi connectivity index (χ2n) is 7.31. The van der Waals surface area contributed by atoms with Crippen LogP contribution >= 0.6 is 0 Å². The van der Waals surface area contributed by atoms with Crippen LogP contribution in [0.15, 0.2) is 0 Å². The highest BCUT2D eigenvalue weighted by atomic mass is 15.2.